The number of amides is 1. The van der Waals surface area contributed by atoms with Crippen LogP contribution in [0.5, 0.6) is 5.75 Å². The third kappa shape index (κ3) is 4.99. The molecule has 4 rings (SSSR count). The van der Waals surface area contributed by atoms with Gasteiger partial charge in [0.05, 0.1) is 0 Å². The van der Waals surface area contributed by atoms with Gasteiger partial charge in [-0.15, -0.1) is 0 Å². The van der Waals surface area contributed by atoms with Crippen molar-refractivity contribution in [2.45, 2.75) is 39.5 Å². The van der Waals surface area contributed by atoms with Crippen molar-refractivity contribution >= 4 is 22.7 Å². The molecule has 164 valence electrons. The molecular formula is C27H28N2O3. The van der Waals surface area contributed by atoms with Gasteiger partial charge in [-0.25, -0.2) is 4.98 Å². The molecule has 0 radical (unpaired) electrons. The summed E-state index contributed by atoms with van der Waals surface area (Å²) < 4.78 is 11.5. The monoisotopic (exact) mass is 428 g/mol. The van der Waals surface area contributed by atoms with Crippen LogP contribution in [0.4, 0.5) is 5.69 Å². The molecule has 0 saturated carbocycles. The molecule has 0 fully saturated rings. The molecule has 0 spiro atoms. The van der Waals surface area contributed by atoms with Gasteiger partial charge in [-0.05, 0) is 78.4 Å². The quantitative estimate of drug-likeness (QED) is 0.344. The van der Waals surface area contributed by atoms with Gasteiger partial charge in [0.15, 0.2) is 12.2 Å². The Morgan fingerprint density at radius 1 is 1.03 bits per heavy atom. The topological polar surface area (TPSA) is 64.4 Å². The fraction of sp³-hybridized carbons (Fsp3) is 0.259. The molecule has 0 aliphatic rings. The molecule has 0 aliphatic carbocycles. The number of nitrogens with one attached hydrogen (secondary N) is 1. The van der Waals surface area contributed by atoms with Crippen LogP contribution in [0.3, 0.4) is 0 Å². The van der Waals surface area contributed by atoms with Gasteiger partial charge >= 0.3 is 0 Å². The van der Waals surface area contributed by atoms with Crippen LogP contribution in [-0.2, 0) is 11.2 Å². The van der Waals surface area contributed by atoms with E-state index in [-0.39, 0.29) is 12.5 Å². The van der Waals surface area contributed by atoms with Crippen molar-refractivity contribution in [1.82, 2.24) is 4.98 Å². The number of aryl methyl sites for hydroxylation is 1. The highest BCUT2D eigenvalue weighted by Gasteiger charge is 2.10. The van der Waals surface area contributed by atoms with Gasteiger partial charge in [-0.3, -0.25) is 4.79 Å². The van der Waals surface area contributed by atoms with Gasteiger partial charge < -0.3 is 14.5 Å². The molecule has 1 aromatic heterocycles. The Bertz CT molecular complexity index is 1190. The number of anilines is 1. The van der Waals surface area contributed by atoms with Crippen LogP contribution in [0.15, 0.2) is 71.1 Å². The zero-order chi connectivity index (χ0) is 22.5. The summed E-state index contributed by atoms with van der Waals surface area (Å²) in [5.41, 5.74) is 5.67. The van der Waals surface area contributed by atoms with E-state index >= 15 is 0 Å². The van der Waals surface area contributed by atoms with Crippen LogP contribution in [0.25, 0.3) is 22.6 Å². The number of hydrogen-bond acceptors (Lipinski definition) is 4. The summed E-state index contributed by atoms with van der Waals surface area (Å²) in [7, 11) is 0. The smallest absolute Gasteiger partial charge is 0.262 e. The summed E-state index contributed by atoms with van der Waals surface area (Å²) in [6.07, 6.45) is 2.05. The molecule has 1 atom stereocenters. The number of fused-ring (bicyclic) bond motifs is 1. The first-order chi connectivity index (χ1) is 15.6. The maximum Gasteiger partial charge on any atom is 0.262 e. The third-order valence-electron chi connectivity index (χ3n) is 5.71. The molecule has 0 saturated heterocycles. The summed E-state index contributed by atoms with van der Waals surface area (Å²) in [5.74, 6) is 1.55. The highest BCUT2D eigenvalue weighted by molar-refractivity contribution is 5.92. The van der Waals surface area contributed by atoms with Crippen LogP contribution < -0.4 is 10.1 Å². The Kier molecular flexibility index (Phi) is 6.55. The predicted octanol–water partition coefficient (Wildman–Crippen LogP) is 6.59. The van der Waals surface area contributed by atoms with E-state index in [1.165, 1.54) is 11.1 Å². The minimum Gasteiger partial charge on any atom is -0.484 e. The summed E-state index contributed by atoms with van der Waals surface area (Å²) in [6, 6.07) is 21.4. The maximum absolute atomic E-state index is 12.3. The number of nitrogens with zero attached hydrogens (tertiary/aromatic N) is 1. The standard InChI is InChI=1S/C27H28N2O3/c1-4-18(3)20-9-13-23(14-10-20)31-17-26(30)28-22-11-7-21(8-12-22)27-29-24-16-19(5-2)6-15-25(24)32-27/h6-16,18H,4-5,17H2,1-3H3,(H,28,30)/t18-/m0/s1. The maximum atomic E-state index is 12.3. The lowest BCUT2D eigenvalue weighted by atomic mass is 9.99. The lowest BCUT2D eigenvalue weighted by Gasteiger charge is -2.11. The SMILES string of the molecule is CCc1ccc2oc(-c3ccc(NC(=O)COc4ccc([C@@H](C)CC)cc4)cc3)nc2c1. The lowest BCUT2D eigenvalue weighted by Crippen LogP contribution is -2.20. The summed E-state index contributed by atoms with van der Waals surface area (Å²) in [4.78, 5) is 16.9. The van der Waals surface area contributed by atoms with Crippen molar-refractivity contribution in [3.05, 3.63) is 77.9 Å². The number of aromatic nitrogens is 1. The van der Waals surface area contributed by atoms with E-state index in [0.717, 1.165) is 29.5 Å². The van der Waals surface area contributed by atoms with Gasteiger partial charge in [0, 0.05) is 11.3 Å². The Morgan fingerprint density at radius 3 is 2.47 bits per heavy atom. The lowest BCUT2D eigenvalue weighted by molar-refractivity contribution is -0.118. The van der Waals surface area contributed by atoms with E-state index in [2.05, 4.69) is 55.3 Å². The van der Waals surface area contributed by atoms with Crippen LogP contribution in [0.2, 0.25) is 0 Å². The van der Waals surface area contributed by atoms with E-state index in [0.29, 0.717) is 23.2 Å². The van der Waals surface area contributed by atoms with Crippen LogP contribution in [0.1, 0.15) is 44.2 Å². The molecule has 1 N–H and O–H groups in total. The third-order valence-corrected chi connectivity index (χ3v) is 5.71. The molecule has 0 bridgehead atoms. The van der Waals surface area contributed by atoms with Crippen molar-refractivity contribution in [2.24, 2.45) is 0 Å². The van der Waals surface area contributed by atoms with Crippen molar-refractivity contribution in [2.75, 3.05) is 11.9 Å². The van der Waals surface area contributed by atoms with Crippen molar-refractivity contribution < 1.29 is 13.9 Å². The van der Waals surface area contributed by atoms with Crippen molar-refractivity contribution in [3.8, 4) is 17.2 Å². The molecule has 4 aromatic rings. The highest BCUT2D eigenvalue weighted by Crippen LogP contribution is 2.26. The van der Waals surface area contributed by atoms with E-state index < -0.39 is 0 Å². The Hall–Kier alpha value is -3.60. The van der Waals surface area contributed by atoms with Crippen molar-refractivity contribution in [1.29, 1.82) is 0 Å². The van der Waals surface area contributed by atoms with Crippen molar-refractivity contribution in [3.63, 3.8) is 0 Å². The molecule has 3 aromatic carbocycles. The fourth-order valence-electron chi connectivity index (χ4n) is 3.49. The first kappa shape index (κ1) is 21.6. The Balaban J connectivity index is 1.34. The number of rotatable bonds is 8. The second-order valence-electron chi connectivity index (χ2n) is 7.97. The molecule has 0 aliphatic heterocycles. The number of carbonyl (C=O) groups excluding carboxylic acids is 1. The van der Waals surface area contributed by atoms with Crippen LogP contribution in [-0.4, -0.2) is 17.5 Å². The van der Waals surface area contributed by atoms with Gasteiger partial charge in [-0.1, -0.05) is 39.0 Å². The first-order valence-electron chi connectivity index (χ1n) is 11.1. The zero-order valence-electron chi connectivity index (χ0n) is 18.7. The summed E-state index contributed by atoms with van der Waals surface area (Å²) >= 11 is 0. The minimum absolute atomic E-state index is 0.0463. The fourth-order valence-corrected chi connectivity index (χ4v) is 3.49. The average Bonchev–Trinajstić information content (AvgIpc) is 3.26. The predicted molar refractivity (Wildman–Crippen MR) is 128 cm³/mol. The summed E-state index contributed by atoms with van der Waals surface area (Å²) in [5, 5.41) is 2.86. The largest absolute Gasteiger partial charge is 0.484 e. The second-order valence-corrected chi connectivity index (χ2v) is 7.97. The average molecular weight is 429 g/mol. The Morgan fingerprint density at radius 2 is 1.78 bits per heavy atom. The minimum atomic E-state index is -0.210. The first-order valence-corrected chi connectivity index (χ1v) is 11.1. The molecule has 32 heavy (non-hydrogen) atoms. The van der Waals surface area contributed by atoms with Gasteiger partial charge in [-0.2, -0.15) is 0 Å². The van der Waals surface area contributed by atoms with E-state index in [4.69, 9.17) is 9.15 Å². The molecule has 0 unspecified atom stereocenters. The molecule has 1 heterocycles. The van der Waals surface area contributed by atoms with Gasteiger partial charge in [0.2, 0.25) is 5.89 Å². The van der Waals surface area contributed by atoms with E-state index in [9.17, 15) is 4.79 Å². The number of carbonyl (C=O) groups is 1. The number of ether oxygens (including phenoxy) is 1. The van der Waals surface area contributed by atoms with E-state index in [1.54, 1.807) is 0 Å². The molecule has 5 nitrogen and oxygen atoms in total. The number of benzene rings is 3. The molecular weight excluding hydrogens is 400 g/mol. The van der Waals surface area contributed by atoms with Crippen LogP contribution in [0, 0.1) is 0 Å². The molecule has 1 amide bonds. The van der Waals surface area contributed by atoms with E-state index in [1.807, 2.05) is 42.5 Å². The normalized spacial score (nSPS) is 12.0. The molecule has 5 heteroatoms. The Labute approximate surface area is 188 Å². The summed E-state index contributed by atoms with van der Waals surface area (Å²) in [6.45, 7) is 6.43. The highest BCUT2D eigenvalue weighted by atomic mass is 16.5. The second kappa shape index (κ2) is 9.69. The number of oxazole rings is 1. The zero-order valence-corrected chi connectivity index (χ0v) is 18.7. The number of hydrogen-bond donors (Lipinski definition) is 1. The van der Waals surface area contributed by atoms with Gasteiger partial charge in [0.25, 0.3) is 5.91 Å². The van der Waals surface area contributed by atoms with Crippen LogP contribution >= 0.6 is 0 Å². The van der Waals surface area contributed by atoms with Gasteiger partial charge in [0.1, 0.15) is 11.3 Å².